The molecule has 1 aliphatic rings. The van der Waals surface area contributed by atoms with Crippen molar-refractivity contribution in [3.63, 3.8) is 0 Å². The summed E-state index contributed by atoms with van der Waals surface area (Å²) in [5.41, 5.74) is 4.60. The van der Waals surface area contributed by atoms with Gasteiger partial charge in [-0.2, -0.15) is 8.75 Å². The molecule has 0 saturated carbocycles. The maximum absolute atomic E-state index is 12.7. The molecule has 1 aliphatic heterocycles. The third-order valence-electron chi connectivity index (χ3n) is 4.94. The zero-order valence-electron chi connectivity index (χ0n) is 16.5. The summed E-state index contributed by atoms with van der Waals surface area (Å²) >= 11 is 1.17. The van der Waals surface area contributed by atoms with E-state index in [0.717, 1.165) is 55.5 Å². The maximum Gasteiger partial charge on any atom is 0.278 e. The second kappa shape index (κ2) is 8.76. The number of carbonyl (C=O) groups is 1. The lowest BCUT2D eigenvalue weighted by atomic mass is 10.1. The van der Waals surface area contributed by atoms with E-state index in [-0.39, 0.29) is 5.91 Å². The van der Waals surface area contributed by atoms with Crippen LogP contribution in [0.1, 0.15) is 33.1 Å². The van der Waals surface area contributed by atoms with Gasteiger partial charge in [0.15, 0.2) is 5.69 Å². The Morgan fingerprint density at radius 2 is 2.03 bits per heavy atom. The number of hydrogen-bond donors (Lipinski definition) is 1. The summed E-state index contributed by atoms with van der Waals surface area (Å²) in [6.07, 6.45) is 0. The van der Waals surface area contributed by atoms with Gasteiger partial charge in [-0.05, 0) is 31.5 Å². The van der Waals surface area contributed by atoms with Gasteiger partial charge in [0, 0.05) is 25.3 Å². The van der Waals surface area contributed by atoms with E-state index in [4.69, 9.17) is 4.74 Å². The number of anilines is 1. The first-order valence-electron chi connectivity index (χ1n) is 9.48. The molecule has 9 nitrogen and oxygen atoms in total. The molecule has 0 atom stereocenters. The first-order valence-corrected chi connectivity index (χ1v) is 10.2. The third-order valence-corrected chi connectivity index (χ3v) is 5.60. The van der Waals surface area contributed by atoms with Gasteiger partial charge in [-0.3, -0.25) is 9.69 Å². The molecule has 1 aromatic carbocycles. The number of carbonyl (C=O) groups excluding carboxylic acids is 1. The van der Waals surface area contributed by atoms with Crippen LogP contribution in [0, 0.1) is 13.8 Å². The lowest BCUT2D eigenvalue weighted by Crippen LogP contribution is -2.35. The SMILES string of the molecule is Cc1nsnc1Cn1nnc(C(=O)Nc2cccc(CN3CCOCC3)c2)c1C. The molecule has 0 unspecified atom stereocenters. The molecule has 10 heteroatoms. The fourth-order valence-corrected chi connectivity index (χ4v) is 3.77. The highest BCUT2D eigenvalue weighted by atomic mass is 32.1. The van der Waals surface area contributed by atoms with E-state index in [9.17, 15) is 4.79 Å². The van der Waals surface area contributed by atoms with E-state index in [1.807, 2.05) is 32.0 Å². The molecule has 0 aliphatic carbocycles. The number of aromatic nitrogens is 5. The largest absolute Gasteiger partial charge is 0.379 e. The van der Waals surface area contributed by atoms with E-state index >= 15 is 0 Å². The molecule has 152 valence electrons. The molecule has 0 spiro atoms. The average Bonchev–Trinajstić information content (AvgIpc) is 3.29. The molecule has 1 N–H and O–H groups in total. The minimum absolute atomic E-state index is 0.273. The Morgan fingerprint density at radius 1 is 1.21 bits per heavy atom. The number of nitrogens with one attached hydrogen (secondary N) is 1. The second-order valence-electron chi connectivity index (χ2n) is 7.02. The first-order chi connectivity index (χ1) is 14.1. The lowest BCUT2D eigenvalue weighted by molar-refractivity contribution is 0.0342. The molecule has 2 aromatic heterocycles. The highest BCUT2D eigenvalue weighted by Crippen LogP contribution is 2.16. The summed E-state index contributed by atoms with van der Waals surface area (Å²) in [6, 6.07) is 7.90. The normalized spacial score (nSPS) is 14.8. The first kappa shape index (κ1) is 19.6. The van der Waals surface area contributed by atoms with Gasteiger partial charge in [-0.15, -0.1) is 5.10 Å². The molecule has 3 heterocycles. The van der Waals surface area contributed by atoms with Crippen molar-refractivity contribution >= 4 is 23.3 Å². The molecule has 29 heavy (non-hydrogen) atoms. The number of nitrogens with zero attached hydrogens (tertiary/aromatic N) is 6. The number of aryl methyl sites for hydroxylation is 1. The summed E-state index contributed by atoms with van der Waals surface area (Å²) in [5.74, 6) is -0.273. The van der Waals surface area contributed by atoms with Gasteiger partial charge in [-0.1, -0.05) is 17.3 Å². The van der Waals surface area contributed by atoms with Crippen LogP contribution in [-0.4, -0.2) is 60.9 Å². The van der Waals surface area contributed by atoms with E-state index < -0.39 is 0 Å². The number of rotatable bonds is 6. The van der Waals surface area contributed by atoms with Gasteiger partial charge in [0.05, 0.1) is 48.6 Å². The number of benzene rings is 1. The summed E-state index contributed by atoms with van der Waals surface area (Å²) < 4.78 is 15.5. The summed E-state index contributed by atoms with van der Waals surface area (Å²) in [4.78, 5) is 15.1. The standard InChI is InChI=1S/C19H23N7O2S/c1-13-17(23-29-22-13)12-26-14(2)18(21-24-26)19(27)20-16-5-3-4-15(10-16)11-25-6-8-28-9-7-25/h3-5,10H,6-9,11-12H2,1-2H3,(H,20,27). The van der Waals surface area contributed by atoms with E-state index in [2.05, 4.69) is 35.3 Å². The van der Waals surface area contributed by atoms with Crippen molar-refractivity contribution in [2.75, 3.05) is 31.6 Å². The summed E-state index contributed by atoms with van der Waals surface area (Å²) in [5, 5.41) is 11.1. The van der Waals surface area contributed by atoms with Crippen molar-refractivity contribution in [1.82, 2.24) is 28.6 Å². The smallest absolute Gasteiger partial charge is 0.278 e. The van der Waals surface area contributed by atoms with Crippen molar-refractivity contribution < 1.29 is 9.53 Å². The molecule has 1 fully saturated rings. The van der Waals surface area contributed by atoms with Crippen LogP contribution >= 0.6 is 11.7 Å². The van der Waals surface area contributed by atoms with Gasteiger partial charge in [0.2, 0.25) is 0 Å². The van der Waals surface area contributed by atoms with E-state index in [0.29, 0.717) is 17.9 Å². The minimum atomic E-state index is -0.273. The van der Waals surface area contributed by atoms with Crippen molar-refractivity contribution in [1.29, 1.82) is 0 Å². The number of ether oxygens (including phenoxy) is 1. The van der Waals surface area contributed by atoms with Crippen LogP contribution in [0.4, 0.5) is 5.69 Å². The maximum atomic E-state index is 12.7. The molecular weight excluding hydrogens is 390 g/mol. The van der Waals surface area contributed by atoms with Gasteiger partial charge < -0.3 is 10.1 Å². The Labute approximate surface area is 173 Å². The predicted molar refractivity (Wildman–Crippen MR) is 109 cm³/mol. The van der Waals surface area contributed by atoms with Gasteiger partial charge >= 0.3 is 0 Å². The molecule has 4 rings (SSSR count). The summed E-state index contributed by atoms with van der Waals surface area (Å²) in [6.45, 7) is 8.40. The average molecular weight is 414 g/mol. The van der Waals surface area contributed by atoms with Crippen LogP contribution in [-0.2, 0) is 17.8 Å². The van der Waals surface area contributed by atoms with Crippen LogP contribution in [0.25, 0.3) is 0 Å². The molecule has 1 amide bonds. The van der Waals surface area contributed by atoms with Crippen LogP contribution in [0.5, 0.6) is 0 Å². The highest BCUT2D eigenvalue weighted by Gasteiger charge is 2.18. The van der Waals surface area contributed by atoms with Crippen molar-refractivity contribution in [3.8, 4) is 0 Å². The Bertz CT molecular complexity index is 994. The predicted octanol–water partition coefficient (Wildman–Crippen LogP) is 1.88. The fraction of sp³-hybridized carbons (Fsp3) is 0.421. The van der Waals surface area contributed by atoms with Crippen molar-refractivity contribution in [3.05, 3.63) is 52.6 Å². The quantitative estimate of drug-likeness (QED) is 0.659. The number of amides is 1. The molecule has 3 aromatic rings. The van der Waals surface area contributed by atoms with Crippen LogP contribution < -0.4 is 5.32 Å². The topological polar surface area (TPSA) is 98.1 Å². The molecule has 0 radical (unpaired) electrons. The molecular formula is C19H23N7O2S. The molecule has 0 bridgehead atoms. The Kier molecular flexibility index (Phi) is 5.93. The third kappa shape index (κ3) is 4.66. The second-order valence-corrected chi connectivity index (χ2v) is 7.55. The monoisotopic (exact) mass is 413 g/mol. The van der Waals surface area contributed by atoms with E-state index in [1.165, 1.54) is 11.7 Å². The van der Waals surface area contributed by atoms with Crippen LogP contribution in [0.3, 0.4) is 0 Å². The zero-order valence-corrected chi connectivity index (χ0v) is 17.3. The Hall–Kier alpha value is -2.69. The Morgan fingerprint density at radius 3 is 2.79 bits per heavy atom. The number of hydrogen-bond acceptors (Lipinski definition) is 8. The van der Waals surface area contributed by atoms with Gasteiger partial charge in [0.1, 0.15) is 0 Å². The van der Waals surface area contributed by atoms with E-state index in [1.54, 1.807) is 4.68 Å². The fourth-order valence-electron chi connectivity index (χ4n) is 3.21. The lowest BCUT2D eigenvalue weighted by Gasteiger charge is -2.26. The number of morpholine rings is 1. The zero-order chi connectivity index (χ0) is 20.2. The van der Waals surface area contributed by atoms with Gasteiger partial charge in [-0.25, -0.2) is 4.68 Å². The van der Waals surface area contributed by atoms with Crippen LogP contribution in [0.15, 0.2) is 24.3 Å². The van der Waals surface area contributed by atoms with Crippen molar-refractivity contribution in [2.45, 2.75) is 26.9 Å². The van der Waals surface area contributed by atoms with Gasteiger partial charge in [0.25, 0.3) is 5.91 Å². The Balaban J connectivity index is 1.43. The van der Waals surface area contributed by atoms with Crippen LogP contribution in [0.2, 0.25) is 0 Å². The minimum Gasteiger partial charge on any atom is -0.379 e. The van der Waals surface area contributed by atoms with Crippen molar-refractivity contribution in [2.24, 2.45) is 0 Å². The molecule has 1 saturated heterocycles. The highest BCUT2D eigenvalue weighted by molar-refractivity contribution is 6.99. The summed E-state index contributed by atoms with van der Waals surface area (Å²) in [7, 11) is 0.